The van der Waals surface area contributed by atoms with Crippen molar-refractivity contribution in [2.75, 3.05) is 0 Å². The van der Waals surface area contributed by atoms with Gasteiger partial charge >= 0.3 is 5.97 Å². The maximum absolute atomic E-state index is 10.7. The van der Waals surface area contributed by atoms with E-state index in [1.807, 2.05) is 30.3 Å². The number of carboxylic acid groups (broad SMARTS) is 1. The van der Waals surface area contributed by atoms with Gasteiger partial charge in [0.2, 0.25) is 0 Å². The van der Waals surface area contributed by atoms with Crippen LogP contribution < -0.4 is 0 Å². The molecular weight excluding hydrogens is 258 g/mol. The molecule has 100 valence electrons. The zero-order valence-corrected chi connectivity index (χ0v) is 10.5. The van der Waals surface area contributed by atoms with Gasteiger partial charge in [0.1, 0.15) is 0 Å². The first-order valence-corrected chi connectivity index (χ1v) is 6.08. The number of aromatic nitrogens is 5. The van der Waals surface area contributed by atoms with E-state index < -0.39 is 5.97 Å². The van der Waals surface area contributed by atoms with Crippen LogP contribution >= 0.6 is 0 Å². The first-order chi connectivity index (χ1) is 9.75. The Morgan fingerprint density at radius 1 is 1.25 bits per heavy atom. The van der Waals surface area contributed by atoms with Crippen molar-refractivity contribution in [3.63, 3.8) is 0 Å². The second-order valence-corrected chi connectivity index (χ2v) is 4.25. The Hall–Kier alpha value is -2.83. The number of carbonyl (C=O) groups is 1. The van der Waals surface area contributed by atoms with Crippen LogP contribution in [0.5, 0.6) is 0 Å². The molecule has 0 atom stereocenters. The van der Waals surface area contributed by atoms with E-state index in [1.54, 1.807) is 6.20 Å². The molecule has 0 spiro atoms. The molecule has 1 aromatic carbocycles. The molecule has 3 rings (SSSR count). The Morgan fingerprint density at radius 2 is 2.10 bits per heavy atom. The van der Waals surface area contributed by atoms with Crippen molar-refractivity contribution in [3.05, 3.63) is 36.5 Å². The van der Waals surface area contributed by atoms with Crippen LogP contribution in [-0.4, -0.2) is 36.3 Å². The molecule has 0 aliphatic rings. The Morgan fingerprint density at radius 3 is 2.95 bits per heavy atom. The van der Waals surface area contributed by atoms with Gasteiger partial charge in [0.25, 0.3) is 0 Å². The number of fused-ring (bicyclic) bond motifs is 1. The summed E-state index contributed by atoms with van der Waals surface area (Å²) in [7, 11) is 0. The van der Waals surface area contributed by atoms with Crippen molar-refractivity contribution in [2.45, 2.75) is 13.0 Å². The average Bonchev–Trinajstić information content (AvgIpc) is 2.92. The SMILES string of the molecule is O=C(O)CCn1nnnc1-c1cccc2cccnc12. The highest BCUT2D eigenvalue weighted by Gasteiger charge is 2.13. The maximum atomic E-state index is 10.7. The van der Waals surface area contributed by atoms with Crippen LogP contribution in [0.25, 0.3) is 22.3 Å². The van der Waals surface area contributed by atoms with Gasteiger partial charge in [-0.25, -0.2) is 4.68 Å². The Bertz CT molecular complexity index is 763. The van der Waals surface area contributed by atoms with Crippen molar-refractivity contribution in [1.82, 2.24) is 25.2 Å². The zero-order valence-electron chi connectivity index (χ0n) is 10.5. The van der Waals surface area contributed by atoms with E-state index in [1.165, 1.54) is 4.68 Å². The molecular formula is C13H11N5O2. The van der Waals surface area contributed by atoms with Gasteiger partial charge in [-0.3, -0.25) is 9.78 Å². The van der Waals surface area contributed by atoms with Gasteiger partial charge in [-0.05, 0) is 22.6 Å². The summed E-state index contributed by atoms with van der Waals surface area (Å²) < 4.78 is 1.48. The first-order valence-electron chi connectivity index (χ1n) is 6.08. The summed E-state index contributed by atoms with van der Waals surface area (Å²) in [5.41, 5.74) is 1.58. The largest absolute Gasteiger partial charge is 0.481 e. The van der Waals surface area contributed by atoms with E-state index in [0.29, 0.717) is 5.82 Å². The Kier molecular flexibility index (Phi) is 3.08. The van der Waals surface area contributed by atoms with Crippen LogP contribution in [0.3, 0.4) is 0 Å². The van der Waals surface area contributed by atoms with E-state index in [4.69, 9.17) is 5.11 Å². The first kappa shape index (κ1) is 12.2. The summed E-state index contributed by atoms with van der Waals surface area (Å²) in [4.78, 5) is 15.0. The van der Waals surface area contributed by atoms with Crippen molar-refractivity contribution in [2.24, 2.45) is 0 Å². The van der Waals surface area contributed by atoms with Gasteiger partial charge in [0.15, 0.2) is 5.82 Å². The molecule has 2 aromatic heterocycles. The molecule has 1 N–H and O–H groups in total. The molecule has 0 radical (unpaired) electrons. The number of nitrogens with zero attached hydrogens (tertiary/aromatic N) is 5. The fourth-order valence-electron chi connectivity index (χ4n) is 2.03. The number of hydrogen-bond acceptors (Lipinski definition) is 5. The van der Waals surface area contributed by atoms with Crippen molar-refractivity contribution >= 4 is 16.9 Å². The third-order valence-corrected chi connectivity index (χ3v) is 2.94. The van der Waals surface area contributed by atoms with E-state index in [-0.39, 0.29) is 13.0 Å². The van der Waals surface area contributed by atoms with Gasteiger partial charge in [-0.2, -0.15) is 0 Å². The summed E-state index contributed by atoms with van der Waals surface area (Å²) in [5, 5.41) is 21.2. The quantitative estimate of drug-likeness (QED) is 0.768. The highest BCUT2D eigenvalue weighted by molar-refractivity contribution is 5.91. The molecule has 20 heavy (non-hydrogen) atoms. The molecule has 0 saturated carbocycles. The molecule has 3 aromatic rings. The molecule has 0 aliphatic heterocycles. The zero-order chi connectivity index (χ0) is 13.9. The summed E-state index contributed by atoms with van der Waals surface area (Å²) in [6.07, 6.45) is 1.67. The third-order valence-electron chi connectivity index (χ3n) is 2.94. The van der Waals surface area contributed by atoms with Crippen molar-refractivity contribution in [3.8, 4) is 11.4 Å². The van der Waals surface area contributed by atoms with Gasteiger partial charge in [-0.15, -0.1) is 5.10 Å². The summed E-state index contributed by atoms with van der Waals surface area (Å²) in [5.74, 6) is -0.363. The van der Waals surface area contributed by atoms with Crippen LogP contribution in [0.1, 0.15) is 6.42 Å². The molecule has 0 unspecified atom stereocenters. The predicted molar refractivity (Wildman–Crippen MR) is 70.8 cm³/mol. The number of aliphatic carboxylic acids is 1. The number of para-hydroxylation sites is 1. The molecule has 0 amide bonds. The Balaban J connectivity index is 2.08. The van der Waals surface area contributed by atoms with Gasteiger partial charge in [0, 0.05) is 17.1 Å². The lowest BCUT2D eigenvalue weighted by Gasteiger charge is -2.05. The van der Waals surface area contributed by atoms with E-state index in [9.17, 15) is 4.79 Å². The molecule has 7 nitrogen and oxygen atoms in total. The predicted octanol–water partition coefficient (Wildman–Crippen LogP) is 1.36. The minimum atomic E-state index is -0.887. The topological polar surface area (TPSA) is 93.8 Å². The van der Waals surface area contributed by atoms with Gasteiger partial charge < -0.3 is 5.11 Å². The lowest BCUT2D eigenvalue weighted by molar-refractivity contribution is -0.137. The standard InChI is InChI=1S/C13H11N5O2/c19-11(20)6-8-18-13(15-16-17-18)10-5-1-3-9-4-2-7-14-12(9)10/h1-5,7H,6,8H2,(H,19,20). The molecule has 0 saturated heterocycles. The van der Waals surface area contributed by atoms with Gasteiger partial charge in [0.05, 0.1) is 18.5 Å². The molecule has 7 heteroatoms. The molecule has 0 fully saturated rings. The lowest BCUT2D eigenvalue weighted by atomic mass is 10.1. The van der Waals surface area contributed by atoms with E-state index >= 15 is 0 Å². The second-order valence-electron chi connectivity index (χ2n) is 4.25. The molecule has 0 aliphatic carbocycles. The van der Waals surface area contributed by atoms with Crippen LogP contribution in [0.15, 0.2) is 36.5 Å². The normalized spacial score (nSPS) is 10.8. The monoisotopic (exact) mass is 269 g/mol. The number of hydrogen-bond donors (Lipinski definition) is 1. The second kappa shape index (κ2) is 5.04. The summed E-state index contributed by atoms with van der Waals surface area (Å²) in [6.45, 7) is 0.223. The minimum Gasteiger partial charge on any atom is -0.481 e. The highest BCUT2D eigenvalue weighted by Crippen LogP contribution is 2.24. The minimum absolute atomic E-state index is 0.0315. The number of rotatable bonds is 4. The average molecular weight is 269 g/mol. The molecule has 0 bridgehead atoms. The van der Waals surface area contributed by atoms with Crippen molar-refractivity contribution in [1.29, 1.82) is 0 Å². The molecule has 2 heterocycles. The van der Waals surface area contributed by atoms with Crippen LogP contribution in [0.4, 0.5) is 0 Å². The third kappa shape index (κ3) is 2.20. The maximum Gasteiger partial charge on any atom is 0.305 e. The van der Waals surface area contributed by atoms with Crippen molar-refractivity contribution < 1.29 is 9.90 Å². The number of carboxylic acids is 1. The van der Waals surface area contributed by atoms with E-state index in [2.05, 4.69) is 20.5 Å². The Labute approximate surface area is 113 Å². The number of tetrazole rings is 1. The van der Waals surface area contributed by atoms with Crippen LogP contribution in [0, 0.1) is 0 Å². The van der Waals surface area contributed by atoms with Crippen LogP contribution in [0.2, 0.25) is 0 Å². The van der Waals surface area contributed by atoms with Crippen LogP contribution in [-0.2, 0) is 11.3 Å². The fraction of sp³-hybridized carbons (Fsp3) is 0.154. The fourth-order valence-corrected chi connectivity index (χ4v) is 2.03. The summed E-state index contributed by atoms with van der Waals surface area (Å²) in [6, 6.07) is 9.54. The lowest BCUT2D eigenvalue weighted by Crippen LogP contribution is -2.08. The van der Waals surface area contributed by atoms with Gasteiger partial charge in [-0.1, -0.05) is 18.2 Å². The smallest absolute Gasteiger partial charge is 0.305 e. The number of pyridine rings is 1. The number of aryl methyl sites for hydroxylation is 1. The highest BCUT2D eigenvalue weighted by atomic mass is 16.4. The number of benzene rings is 1. The van der Waals surface area contributed by atoms with E-state index in [0.717, 1.165) is 16.5 Å². The summed E-state index contributed by atoms with van der Waals surface area (Å²) >= 11 is 0.